The number of thioether (sulfide) groups is 8. The summed E-state index contributed by atoms with van der Waals surface area (Å²) in [5.74, 6) is 6.13. The van der Waals surface area contributed by atoms with Crippen molar-refractivity contribution in [1.82, 2.24) is 0 Å². The minimum Gasteiger partial charge on any atom is -0.282 e. The van der Waals surface area contributed by atoms with Gasteiger partial charge in [0.1, 0.15) is 0 Å². The second-order valence-corrected chi connectivity index (χ2v) is 20.1. The van der Waals surface area contributed by atoms with Crippen LogP contribution >= 0.6 is 94.1 Å². The van der Waals surface area contributed by atoms with Gasteiger partial charge in [-0.05, 0) is 36.1 Å². The fraction of sp³-hybridized carbons (Fsp3) is 0.571. The SMILES string of the molecule is C=C(C)C(=O)SCC1CSC(C(C)SCc2ccc(CSC(C)C3SCC(CSC(=O)C(=C)C)S3)cc2)S1. The molecule has 0 saturated carbocycles. The molecular weight excluding hydrogens is 625 g/mol. The maximum Gasteiger partial charge on any atom is 0.214 e. The normalized spacial score (nSPS) is 24.7. The average Bonchev–Trinajstić information content (AvgIpc) is 3.58. The Morgan fingerprint density at radius 3 is 1.50 bits per heavy atom. The lowest BCUT2D eigenvalue weighted by Crippen LogP contribution is -2.12. The summed E-state index contributed by atoms with van der Waals surface area (Å²) in [4.78, 5) is 23.7. The first kappa shape index (κ1) is 33.3. The molecule has 0 N–H and O–H groups in total. The Hall–Kier alpha value is 0.840. The van der Waals surface area contributed by atoms with E-state index in [2.05, 4.69) is 74.8 Å². The molecule has 0 aliphatic carbocycles. The van der Waals surface area contributed by atoms with Gasteiger partial charge in [0, 0.05) is 55.5 Å². The summed E-state index contributed by atoms with van der Waals surface area (Å²) in [7, 11) is 0. The van der Waals surface area contributed by atoms with Crippen molar-refractivity contribution in [3.63, 3.8) is 0 Å². The summed E-state index contributed by atoms with van der Waals surface area (Å²) in [6.07, 6.45) is 0. The standard InChI is InChI=1S/C28H38O2S8/c1-17(2)25(29)33-13-23-15-35-27(37-23)19(5)31-11-21-7-9-22(10-8-21)12-32-20(6)28-36-16-24(38-28)14-34-26(30)18(3)4/h7-10,19-20,23-24,27-28H,1,3,11-16H2,2,4-6H3. The first-order chi connectivity index (χ1) is 18.1. The summed E-state index contributed by atoms with van der Waals surface area (Å²) >= 11 is 15.1. The maximum atomic E-state index is 11.8. The molecule has 2 nitrogen and oxygen atoms in total. The van der Waals surface area contributed by atoms with Crippen LogP contribution in [0, 0.1) is 0 Å². The highest BCUT2D eigenvalue weighted by molar-refractivity contribution is 8.23. The largest absolute Gasteiger partial charge is 0.282 e. The smallest absolute Gasteiger partial charge is 0.214 e. The second-order valence-electron chi connectivity index (χ2n) is 9.53. The third-order valence-electron chi connectivity index (χ3n) is 5.86. The monoisotopic (exact) mass is 662 g/mol. The van der Waals surface area contributed by atoms with Gasteiger partial charge in [-0.3, -0.25) is 9.59 Å². The van der Waals surface area contributed by atoms with Gasteiger partial charge in [-0.25, -0.2) is 0 Å². The summed E-state index contributed by atoms with van der Waals surface area (Å²) < 4.78 is 1.19. The van der Waals surface area contributed by atoms with E-state index in [1.807, 2.05) is 47.0 Å². The van der Waals surface area contributed by atoms with E-state index >= 15 is 0 Å². The summed E-state index contributed by atoms with van der Waals surface area (Å²) in [6, 6.07) is 9.18. The van der Waals surface area contributed by atoms with Crippen molar-refractivity contribution < 1.29 is 9.59 Å². The van der Waals surface area contributed by atoms with E-state index in [1.165, 1.54) is 34.7 Å². The van der Waals surface area contributed by atoms with E-state index in [4.69, 9.17) is 0 Å². The molecule has 2 aliphatic rings. The van der Waals surface area contributed by atoms with Crippen molar-refractivity contribution in [2.75, 3.05) is 23.0 Å². The molecule has 10 heteroatoms. The quantitative estimate of drug-likeness (QED) is 0.180. The third-order valence-corrected chi connectivity index (χ3v) is 19.3. The highest BCUT2D eigenvalue weighted by atomic mass is 32.2. The third kappa shape index (κ3) is 11.3. The molecule has 0 bridgehead atoms. The van der Waals surface area contributed by atoms with Gasteiger partial charge in [-0.15, -0.1) is 47.0 Å². The summed E-state index contributed by atoms with van der Waals surface area (Å²) in [5.41, 5.74) is 4.08. The van der Waals surface area contributed by atoms with Crippen molar-refractivity contribution >= 4 is 104 Å². The lowest BCUT2D eigenvalue weighted by molar-refractivity contribution is -0.108. The van der Waals surface area contributed by atoms with Crippen LogP contribution < -0.4 is 0 Å². The molecule has 6 atom stereocenters. The Balaban J connectivity index is 1.32. The Bertz CT molecular complexity index is 889. The lowest BCUT2D eigenvalue weighted by Gasteiger charge is -2.19. The van der Waals surface area contributed by atoms with Crippen LogP contribution in [0.15, 0.2) is 48.6 Å². The zero-order chi connectivity index (χ0) is 27.7. The minimum atomic E-state index is 0.130. The van der Waals surface area contributed by atoms with Crippen LogP contribution in [-0.2, 0) is 21.1 Å². The van der Waals surface area contributed by atoms with E-state index in [0.717, 1.165) is 34.5 Å². The zero-order valence-corrected chi connectivity index (χ0v) is 29.0. The molecule has 210 valence electrons. The van der Waals surface area contributed by atoms with Gasteiger partial charge in [0.2, 0.25) is 10.2 Å². The summed E-state index contributed by atoms with van der Waals surface area (Å²) in [5, 5.41) is 2.52. The van der Waals surface area contributed by atoms with Crippen LogP contribution in [0.4, 0.5) is 0 Å². The molecule has 1 aromatic carbocycles. The highest BCUT2D eigenvalue weighted by Gasteiger charge is 2.32. The minimum absolute atomic E-state index is 0.130. The molecule has 0 aromatic heterocycles. The van der Waals surface area contributed by atoms with Gasteiger partial charge in [0.25, 0.3) is 0 Å². The maximum absolute atomic E-state index is 11.8. The predicted octanol–water partition coefficient (Wildman–Crippen LogP) is 8.95. The van der Waals surface area contributed by atoms with E-state index < -0.39 is 0 Å². The fourth-order valence-corrected chi connectivity index (χ4v) is 15.6. The van der Waals surface area contributed by atoms with Crippen molar-refractivity contribution in [3.8, 4) is 0 Å². The highest BCUT2D eigenvalue weighted by Crippen LogP contribution is 2.46. The molecule has 2 saturated heterocycles. The van der Waals surface area contributed by atoms with Gasteiger partial charge < -0.3 is 0 Å². The molecule has 0 amide bonds. The topological polar surface area (TPSA) is 34.1 Å². The number of hydrogen-bond donors (Lipinski definition) is 0. The molecule has 38 heavy (non-hydrogen) atoms. The van der Waals surface area contributed by atoms with Crippen molar-refractivity contribution in [1.29, 1.82) is 0 Å². The molecule has 2 heterocycles. The van der Waals surface area contributed by atoms with Crippen LogP contribution in [-0.4, -0.2) is 63.4 Å². The van der Waals surface area contributed by atoms with Gasteiger partial charge in [0.05, 0.1) is 9.16 Å². The molecule has 0 radical (unpaired) electrons. The van der Waals surface area contributed by atoms with Crippen LogP contribution in [0.25, 0.3) is 0 Å². The molecule has 2 fully saturated rings. The van der Waals surface area contributed by atoms with Crippen LogP contribution in [0.5, 0.6) is 0 Å². The molecule has 0 spiro atoms. The van der Waals surface area contributed by atoms with Crippen LogP contribution in [0.1, 0.15) is 38.8 Å². The number of hydrogen-bond acceptors (Lipinski definition) is 10. The molecule has 1 aromatic rings. The van der Waals surface area contributed by atoms with Crippen LogP contribution in [0.2, 0.25) is 0 Å². The number of carbonyl (C=O) groups is 2. The molecule has 6 unspecified atom stereocenters. The number of benzene rings is 1. The first-order valence-electron chi connectivity index (χ1n) is 12.6. The Labute approximate surface area is 263 Å². The van der Waals surface area contributed by atoms with Crippen molar-refractivity contribution in [3.05, 3.63) is 59.7 Å². The van der Waals surface area contributed by atoms with E-state index in [0.29, 0.717) is 41.3 Å². The fourth-order valence-electron chi connectivity index (χ4n) is 3.54. The van der Waals surface area contributed by atoms with E-state index in [9.17, 15) is 9.59 Å². The Kier molecular flexibility index (Phi) is 15.0. The Morgan fingerprint density at radius 2 is 1.16 bits per heavy atom. The molecule has 2 aliphatic heterocycles. The van der Waals surface area contributed by atoms with E-state index in [1.54, 1.807) is 13.8 Å². The number of rotatable bonds is 14. The molecular formula is C28H38O2S8. The van der Waals surface area contributed by atoms with Crippen molar-refractivity contribution in [2.45, 2.75) is 69.4 Å². The van der Waals surface area contributed by atoms with Gasteiger partial charge in [-0.2, -0.15) is 23.5 Å². The summed E-state index contributed by atoms with van der Waals surface area (Å²) in [6.45, 7) is 15.8. The average molecular weight is 663 g/mol. The Morgan fingerprint density at radius 1 is 0.789 bits per heavy atom. The van der Waals surface area contributed by atoms with Crippen LogP contribution in [0.3, 0.4) is 0 Å². The zero-order valence-electron chi connectivity index (χ0n) is 22.5. The van der Waals surface area contributed by atoms with Gasteiger partial charge in [-0.1, -0.05) is 74.8 Å². The van der Waals surface area contributed by atoms with Gasteiger partial charge >= 0.3 is 0 Å². The predicted molar refractivity (Wildman–Crippen MR) is 188 cm³/mol. The number of carbonyl (C=O) groups excluding carboxylic acids is 2. The van der Waals surface area contributed by atoms with Crippen molar-refractivity contribution in [2.24, 2.45) is 0 Å². The first-order valence-corrected chi connectivity index (χ1v) is 20.7. The molecule has 3 rings (SSSR count). The van der Waals surface area contributed by atoms with Gasteiger partial charge in [0.15, 0.2) is 0 Å². The second kappa shape index (κ2) is 17.1. The van der Waals surface area contributed by atoms with E-state index in [-0.39, 0.29) is 10.2 Å². The lowest BCUT2D eigenvalue weighted by atomic mass is 10.2.